The van der Waals surface area contributed by atoms with Crippen LogP contribution in [0.15, 0.2) is 24.3 Å². The summed E-state index contributed by atoms with van der Waals surface area (Å²) in [7, 11) is 1.47. The van der Waals surface area contributed by atoms with Crippen LogP contribution in [0.3, 0.4) is 0 Å². The van der Waals surface area contributed by atoms with Crippen LogP contribution in [0, 0.1) is 5.82 Å². The zero-order valence-corrected chi connectivity index (χ0v) is 13.5. The van der Waals surface area contributed by atoms with Gasteiger partial charge in [-0.05, 0) is 45.4 Å². The summed E-state index contributed by atoms with van der Waals surface area (Å²) in [5, 5.41) is 9.18. The molecule has 0 aromatic heterocycles. The van der Waals surface area contributed by atoms with E-state index in [-0.39, 0.29) is 6.42 Å². The molecule has 1 amide bonds. The van der Waals surface area contributed by atoms with Crippen molar-refractivity contribution < 1.29 is 23.8 Å². The number of hydrogen-bond donors (Lipinski definition) is 1. The van der Waals surface area contributed by atoms with E-state index in [2.05, 4.69) is 0 Å². The first kappa shape index (κ1) is 17.9. The highest BCUT2D eigenvalue weighted by molar-refractivity contribution is 5.73. The molecule has 0 radical (unpaired) electrons. The first-order valence-corrected chi connectivity index (χ1v) is 6.90. The van der Waals surface area contributed by atoms with Crippen LogP contribution >= 0.6 is 0 Å². The Morgan fingerprint density at radius 1 is 1.18 bits per heavy atom. The predicted octanol–water partition coefficient (Wildman–Crippen LogP) is 3.38. The number of rotatable bonds is 4. The Morgan fingerprint density at radius 3 is 2.09 bits per heavy atom. The van der Waals surface area contributed by atoms with Gasteiger partial charge in [-0.1, -0.05) is 12.1 Å². The second-order valence-corrected chi connectivity index (χ2v) is 6.39. The Balaban J connectivity index is 3.18. The number of carboxylic acid groups (broad SMARTS) is 1. The van der Waals surface area contributed by atoms with Gasteiger partial charge in [0.15, 0.2) is 0 Å². The van der Waals surface area contributed by atoms with Gasteiger partial charge < -0.3 is 14.7 Å². The van der Waals surface area contributed by atoms with Crippen molar-refractivity contribution in [2.75, 3.05) is 7.05 Å². The molecule has 1 aromatic rings. The minimum atomic E-state index is -1.15. The fraction of sp³-hybridized carbons (Fsp3) is 0.500. The summed E-state index contributed by atoms with van der Waals surface area (Å²) in [5.74, 6) is -1.50. The average Bonchev–Trinajstić information content (AvgIpc) is 2.35. The van der Waals surface area contributed by atoms with Crippen LogP contribution in [0.1, 0.15) is 39.7 Å². The van der Waals surface area contributed by atoms with E-state index in [1.807, 2.05) is 0 Å². The van der Waals surface area contributed by atoms with Crippen molar-refractivity contribution in [1.82, 2.24) is 4.90 Å². The van der Waals surface area contributed by atoms with Gasteiger partial charge in [0, 0.05) is 7.05 Å². The largest absolute Gasteiger partial charge is 0.481 e. The third-order valence-electron chi connectivity index (χ3n) is 3.37. The molecule has 0 spiro atoms. The molecular formula is C16H22FNO4. The monoisotopic (exact) mass is 311 g/mol. The molecule has 22 heavy (non-hydrogen) atoms. The number of carboxylic acids is 1. The second-order valence-electron chi connectivity index (χ2n) is 6.39. The van der Waals surface area contributed by atoms with Gasteiger partial charge in [0.25, 0.3) is 0 Å². The molecule has 0 bridgehead atoms. The van der Waals surface area contributed by atoms with Crippen LogP contribution in [0.5, 0.6) is 0 Å². The van der Waals surface area contributed by atoms with Crippen molar-refractivity contribution in [3.05, 3.63) is 35.6 Å². The lowest BCUT2D eigenvalue weighted by Crippen LogP contribution is -2.48. The van der Waals surface area contributed by atoms with Crippen LogP contribution in [-0.2, 0) is 15.1 Å². The fourth-order valence-corrected chi connectivity index (χ4v) is 2.05. The maximum Gasteiger partial charge on any atom is 0.410 e. The number of aliphatic carboxylic acids is 1. The molecule has 1 N–H and O–H groups in total. The van der Waals surface area contributed by atoms with Crippen molar-refractivity contribution in [2.45, 2.75) is 45.3 Å². The van der Waals surface area contributed by atoms with Gasteiger partial charge in [-0.15, -0.1) is 0 Å². The fourth-order valence-electron chi connectivity index (χ4n) is 2.05. The first-order valence-electron chi connectivity index (χ1n) is 6.90. The van der Waals surface area contributed by atoms with Gasteiger partial charge in [-0.25, -0.2) is 9.18 Å². The van der Waals surface area contributed by atoms with Gasteiger partial charge in [0.2, 0.25) is 0 Å². The Bertz CT molecular complexity index is 550. The van der Waals surface area contributed by atoms with Crippen molar-refractivity contribution in [1.29, 1.82) is 0 Å². The van der Waals surface area contributed by atoms with Crippen LogP contribution < -0.4 is 0 Å². The van der Waals surface area contributed by atoms with E-state index >= 15 is 0 Å². The van der Waals surface area contributed by atoms with E-state index in [9.17, 15) is 19.1 Å². The summed E-state index contributed by atoms with van der Waals surface area (Å²) in [5.41, 5.74) is -1.33. The average molecular weight is 311 g/mol. The number of carbonyl (C=O) groups is 2. The molecule has 1 unspecified atom stereocenters. The quantitative estimate of drug-likeness (QED) is 0.925. The number of nitrogens with zero attached hydrogens (tertiary/aromatic N) is 1. The number of amides is 1. The van der Waals surface area contributed by atoms with Crippen molar-refractivity contribution in [3.63, 3.8) is 0 Å². The number of benzene rings is 1. The lowest BCUT2D eigenvalue weighted by molar-refractivity contribution is -0.140. The first-order chi connectivity index (χ1) is 9.95. The van der Waals surface area contributed by atoms with Gasteiger partial charge in [-0.3, -0.25) is 4.79 Å². The zero-order chi connectivity index (χ0) is 17.1. The molecule has 6 heteroatoms. The molecular weight excluding hydrogens is 289 g/mol. The van der Waals surface area contributed by atoms with E-state index < -0.39 is 29.0 Å². The standard InChI is InChI=1S/C16H22FNO4/c1-15(2,3)22-14(21)18(5)16(4,10-13(19)20)11-6-8-12(17)9-7-11/h6-9H,10H2,1-5H3,(H,19,20). The number of carbonyl (C=O) groups excluding carboxylic acids is 1. The predicted molar refractivity (Wildman–Crippen MR) is 80.0 cm³/mol. The molecule has 1 aromatic carbocycles. The molecule has 0 aliphatic heterocycles. The molecule has 0 heterocycles. The van der Waals surface area contributed by atoms with E-state index in [0.717, 1.165) is 0 Å². The van der Waals surface area contributed by atoms with E-state index in [1.54, 1.807) is 27.7 Å². The van der Waals surface area contributed by atoms with Crippen molar-refractivity contribution >= 4 is 12.1 Å². The number of hydrogen-bond acceptors (Lipinski definition) is 3. The molecule has 1 rings (SSSR count). The molecule has 0 aliphatic carbocycles. The summed E-state index contributed by atoms with van der Waals surface area (Å²) in [6.45, 7) is 6.79. The van der Waals surface area contributed by atoms with Gasteiger partial charge in [-0.2, -0.15) is 0 Å². The minimum absolute atomic E-state index is 0.325. The second kappa shape index (κ2) is 6.34. The molecule has 0 saturated carbocycles. The van der Waals surface area contributed by atoms with E-state index in [1.165, 1.54) is 36.2 Å². The summed E-state index contributed by atoms with van der Waals surface area (Å²) in [6, 6.07) is 5.41. The SMILES string of the molecule is CN(C(=O)OC(C)(C)C)C(C)(CC(=O)O)c1ccc(F)cc1. The minimum Gasteiger partial charge on any atom is -0.481 e. The van der Waals surface area contributed by atoms with Crippen LogP contribution in [-0.4, -0.2) is 34.7 Å². The highest BCUT2D eigenvalue weighted by Crippen LogP contribution is 2.32. The number of ether oxygens (including phenoxy) is 1. The van der Waals surface area contributed by atoms with Gasteiger partial charge >= 0.3 is 12.1 Å². The van der Waals surface area contributed by atoms with E-state index in [0.29, 0.717) is 5.56 Å². The Morgan fingerprint density at radius 2 is 1.68 bits per heavy atom. The Labute approximate surface area is 129 Å². The summed E-state index contributed by atoms with van der Waals surface area (Å²) < 4.78 is 18.4. The molecule has 5 nitrogen and oxygen atoms in total. The summed E-state index contributed by atoms with van der Waals surface area (Å²) in [6.07, 6.45) is -0.963. The summed E-state index contributed by atoms with van der Waals surface area (Å²) in [4.78, 5) is 24.7. The van der Waals surface area contributed by atoms with Gasteiger partial charge in [0.1, 0.15) is 11.4 Å². The maximum absolute atomic E-state index is 13.1. The van der Waals surface area contributed by atoms with Crippen LogP contribution in [0.2, 0.25) is 0 Å². The third-order valence-corrected chi connectivity index (χ3v) is 3.37. The van der Waals surface area contributed by atoms with Crippen LogP contribution in [0.4, 0.5) is 9.18 Å². The normalized spacial score (nSPS) is 14.1. The Hall–Kier alpha value is -2.11. The number of halogens is 1. The molecule has 0 saturated heterocycles. The molecule has 1 atom stereocenters. The molecule has 0 aliphatic rings. The molecule has 122 valence electrons. The zero-order valence-electron chi connectivity index (χ0n) is 13.5. The van der Waals surface area contributed by atoms with Crippen molar-refractivity contribution in [3.8, 4) is 0 Å². The highest BCUT2D eigenvalue weighted by Gasteiger charge is 2.38. The lowest BCUT2D eigenvalue weighted by Gasteiger charge is -2.39. The van der Waals surface area contributed by atoms with Crippen LogP contribution in [0.25, 0.3) is 0 Å². The smallest absolute Gasteiger partial charge is 0.410 e. The third kappa shape index (κ3) is 4.44. The summed E-state index contributed by atoms with van der Waals surface area (Å²) >= 11 is 0. The van der Waals surface area contributed by atoms with Gasteiger partial charge in [0.05, 0.1) is 12.0 Å². The molecule has 0 fully saturated rings. The lowest BCUT2D eigenvalue weighted by atomic mass is 9.87. The maximum atomic E-state index is 13.1. The topological polar surface area (TPSA) is 66.8 Å². The van der Waals surface area contributed by atoms with Crippen molar-refractivity contribution in [2.24, 2.45) is 0 Å². The van der Waals surface area contributed by atoms with E-state index in [4.69, 9.17) is 4.74 Å². The Kier molecular flexibility index (Phi) is 5.17. The highest BCUT2D eigenvalue weighted by atomic mass is 19.1.